The van der Waals surface area contributed by atoms with Crippen LogP contribution >= 0.6 is 0 Å². The first-order valence-electron chi connectivity index (χ1n) is 6.78. The Morgan fingerprint density at radius 2 is 1.65 bits per heavy atom. The van der Waals surface area contributed by atoms with E-state index in [4.69, 9.17) is 14.2 Å². The summed E-state index contributed by atoms with van der Waals surface area (Å²) in [5.41, 5.74) is -0.322. The molecule has 0 fully saturated rings. The molecule has 1 aromatic rings. The average molecular weight is 283 g/mol. The van der Waals surface area contributed by atoms with Crippen LogP contribution in [0.1, 0.15) is 20.3 Å². The summed E-state index contributed by atoms with van der Waals surface area (Å²) in [6, 6.07) is 5.42. The van der Waals surface area contributed by atoms with Gasteiger partial charge in [0.2, 0.25) is 0 Å². The molecule has 0 radical (unpaired) electrons. The predicted molar refractivity (Wildman–Crippen MR) is 78.8 cm³/mol. The van der Waals surface area contributed by atoms with Crippen molar-refractivity contribution in [2.45, 2.75) is 25.8 Å². The number of hydrogen-bond donors (Lipinski definition) is 2. The van der Waals surface area contributed by atoms with Crippen molar-refractivity contribution in [2.75, 3.05) is 34.0 Å². The SMILES string of the molecule is CCNC(C)(CO)CCOc1cc(OC)cc(OC)c1. The molecule has 0 saturated heterocycles. The summed E-state index contributed by atoms with van der Waals surface area (Å²) < 4.78 is 16.1. The first-order chi connectivity index (χ1) is 9.56. The molecule has 0 aliphatic heterocycles. The number of nitrogens with one attached hydrogen (secondary N) is 1. The number of aliphatic hydroxyl groups is 1. The van der Waals surface area contributed by atoms with Crippen LogP contribution in [0.15, 0.2) is 18.2 Å². The van der Waals surface area contributed by atoms with E-state index in [-0.39, 0.29) is 12.1 Å². The highest BCUT2D eigenvalue weighted by molar-refractivity contribution is 5.41. The minimum atomic E-state index is -0.322. The molecule has 1 atom stereocenters. The van der Waals surface area contributed by atoms with E-state index in [0.29, 0.717) is 30.3 Å². The normalized spacial score (nSPS) is 13.7. The standard InChI is InChI=1S/C15H25NO4/c1-5-16-15(2,11-17)6-7-20-14-9-12(18-3)8-13(10-14)19-4/h8-10,16-17H,5-7,11H2,1-4H3. The van der Waals surface area contributed by atoms with Crippen LogP contribution in [0.5, 0.6) is 17.2 Å². The molecule has 1 unspecified atom stereocenters. The van der Waals surface area contributed by atoms with Crippen LogP contribution in [0.2, 0.25) is 0 Å². The highest BCUT2D eigenvalue weighted by Gasteiger charge is 2.21. The third kappa shape index (κ3) is 4.90. The highest BCUT2D eigenvalue weighted by Crippen LogP contribution is 2.27. The van der Waals surface area contributed by atoms with Gasteiger partial charge in [-0.3, -0.25) is 0 Å². The Hall–Kier alpha value is -1.46. The molecule has 1 aromatic carbocycles. The lowest BCUT2D eigenvalue weighted by atomic mass is 10.00. The molecule has 5 nitrogen and oxygen atoms in total. The molecule has 5 heteroatoms. The quantitative estimate of drug-likeness (QED) is 0.724. The lowest BCUT2D eigenvalue weighted by molar-refractivity contribution is 0.145. The van der Waals surface area contributed by atoms with Gasteiger partial charge in [-0.25, -0.2) is 0 Å². The van der Waals surface area contributed by atoms with Gasteiger partial charge < -0.3 is 24.6 Å². The summed E-state index contributed by atoms with van der Waals surface area (Å²) in [4.78, 5) is 0. The van der Waals surface area contributed by atoms with Gasteiger partial charge in [0.25, 0.3) is 0 Å². The van der Waals surface area contributed by atoms with Crippen molar-refractivity contribution in [3.63, 3.8) is 0 Å². The van der Waals surface area contributed by atoms with Gasteiger partial charge in [-0.2, -0.15) is 0 Å². The smallest absolute Gasteiger partial charge is 0.126 e. The molecule has 0 aliphatic rings. The van der Waals surface area contributed by atoms with Gasteiger partial charge in [0, 0.05) is 30.2 Å². The van der Waals surface area contributed by atoms with Gasteiger partial charge in [0.1, 0.15) is 17.2 Å². The summed E-state index contributed by atoms with van der Waals surface area (Å²) >= 11 is 0. The van der Waals surface area contributed by atoms with Gasteiger partial charge in [-0.05, 0) is 13.5 Å². The topological polar surface area (TPSA) is 60.0 Å². The van der Waals surface area contributed by atoms with Gasteiger partial charge in [0.05, 0.1) is 27.4 Å². The molecule has 1 rings (SSSR count). The molecule has 0 spiro atoms. The Morgan fingerprint density at radius 3 is 2.10 bits per heavy atom. The summed E-state index contributed by atoms with van der Waals surface area (Å²) in [6.07, 6.45) is 0.705. The first-order valence-corrected chi connectivity index (χ1v) is 6.78. The van der Waals surface area contributed by atoms with E-state index < -0.39 is 0 Å². The molecule has 2 N–H and O–H groups in total. The Bertz CT molecular complexity index is 389. The van der Waals surface area contributed by atoms with Gasteiger partial charge in [-0.15, -0.1) is 0 Å². The monoisotopic (exact) mass is 283 g/mol. The molecule has 0 saturated carbocycles. The van der Waals surface area contributed by atoms with Crippen molar-refractivity contribution in [3.05, 3.63) is 18.2 Å². The molecule has 0 amide bonds. The molecular weight excluding hydrogens is 258 g/mol. The highest BCUT2D eigenvalue weighted by atomic mass is 16.5. The van der Waals surface area contributed by atoms with E-state index in [1.54, 1.807) is 20.3 Å². The van der Waals surface area contributed by atoms with E-state index in [9.17, 15) is 5.11 Å². The van der Waals surface area contributed by atoms with E-state index in [1.165, 1.54) is 0 Å². The number of rotatable bonds is 9. The molecule has 0 bridgehead atoms. The largest absolute Gasteiger partial charge is 0.496 e. The van der Waals surface area contributed by atoms with Crippen molar-refractivity contribution in [3.8, 4) is 17.2 Å². The van der Waals surface area contributed by atoms with Crippen LogP contribution in [0.3, 0.4) is 0 Å². The van der Waals surface area contributed by atoms with Gasteiger partial charge >= 0.3 is 0 Å². The number of hydrogen-bond acceptors (Lipinski definition) is 5. The van der Waals surface area contributed by atoms with Crippen molar-refractivity contribution in [1.82, 2.24) is 5.32 Å². The van der Waals surface area contributed by atoms with E-state index in [0.717, 1.165) is 6.54 Å². The van der Waals surface area contributed by atoms with Crippen LogP contribution in [0.25, 0.3) is 0 Å². The second-order valence-electron chi connectivity index (χ2n) is 4.90. The fourth-order valence-corrected chi connectivity index (χ4v) is 1.91. The van der Waals surface area contributed by atoms with Crippen LogP contribution in [-0.4, -0.2) is 44.6 Å². The Balaban J connectivity index is 2.61. The fourth-order valence-electron chi connectivity index (χ4n) is 1.91. The lowest BCUT2D eigenvalue weighted by Gasteiger charge is -2.28. The Morgan fingerprint density at radius 1 is 1.10 bits per heavy atom. The summed E-state index contributed by atoms with van der Waals surface area (Å²) in [5.74, 6) is 2.07. The number of likely N-dealkylation sites (N-methyl/N-ethyl adjacent to an activating group) is 1. The fraction of sp³-hybridized carbons (Fsp3) is 0.600. The van der Waals surface area contributed by atoms with E-state index in [2.05, 4.69) is 5.32 Å². The second kappa shape index (κ2) is 7.97. The van der Waals surface area contributed by atoms with Crippen molar-refractivity contribution in [2.24, 2.45) is 0 Å². The van der Waals surface area contributed by atoms with Gasteiger partial charge in [0.15, 0.2) is 0 Å². The summed E-state index contributed by atoms with van der Waals surface area (Å²) in [7, 11) is 3.21. The minimum absolute atomic E-state index is 0.0750. The van der Waals surface area contributed by atoms with E-state index in [1.807, 2.05) is 26.0 Å². The number of methoxy groups -OCH3 is 2. The second-order valence-corrected chi connectivity index (χ2v) is 4.90. The zero-order valence-corrected chi connectivity index (χ0v) is 12.7. The summed E-state index contributed by atoms with van der Waals surface area (Å²) in [6.45, 7) is 5.38. The first kappa shape index (κ1) is 16.6. The molecule has 0 heterocycles. The van der Waals surface area contributed by atoms with Crippen molar-refractivity contribution >= 4 is 0 Å². The van der Waals surface area contributed by atoms with Crippen molar-refractivity contribution in [1.29, 1.82) is 0 Å². The average Bonchev–Trinajstić information content (AvgIpc) is 2.47. The molecular formula is C15H25NO4. The van der Waals surface area contributed by atoms with E-state index >= 15 is 0 Å². The maximum atomic E-state index is 9.42. The Labute approximate surface area is 120 Å². The predicted octanol–water partition coefficient (Wildman–Crippen LogP) is 1.83. The summed E-state index contributed by atoms with van der Waals surface area (Å²) in [5, 5.41) is 12.7. The molecule has 0 aliphatic carbocycles. The zero-order valence-electron chi connectivity index (χ0n) is 12.7. The van der Waals surface area contributed by atoms with Gasteiger partial charge in [-0.1, -0.05) is 6.92 Å². The molecule has 0 aromatic heterocycles. The number of benzene rings is 1. The number of ether oxygens (including phenoxy) is 3. The maximum absolute atomic E-state index is 9.42. The van der Waals surface area contributed by atoms with Crippen LogP contribution in [0.4, 0.5) is 0 Å². The number of aliphatic hydroxyl groups excluding tert-OH is 1. The van der Waals surface area contributed by atoms with Crippen molar-refractivity contribution < 1.29 is 19.3 Å². The minimum Gasteiger partial charge on any atom is -0.496 e. The zero-order chi connectivity index (χ0) is 15.0. The maximum Gasteiger partial charge on any atom is 0.126 e. The third-order valence-corrected chi connectivity index (χ3v) is 3.20. The third-order valence-electron chi connectivity index (χ3n) is 3.20. The lowest BCUT2D eigenvalue weighted by Crippen LogP contribution is -2.46. The van der Waals surface area contributed by atoms with Crippen LogP contribution < -0.4 is 19.5 Å². The van der Waals surface area contributed by atoms with Crippen LogP contribution in [-0.2, 0) is 0 Å². The molecule has 114 valence electrons. The Kier molecular flexibility index (Phi) is 6.61. The molecule has 20 heavy (non-hydrogen) atoms. The van der Waals surface area contributed by atoms with Crippen LogP contribution in [0, 0.1) is 0 Å².